The molecule has 2 aromatic rings. The summed E-state index contributed by atoms with van der Waals surface area (Å²) in [5.74, 6) is 1.43. The van der Waals surface area contributed by atoms with Gasteiger partial charge in [-0.25, -0.2) is 0 Å². The number of nitrogen functional groups attached to an aromatic ring is 1. The minimum absolute atomic E-state index is 0.114. The molecule has 0 spiro atoms. The molecule has 2 rings (SSSR count). The van der Waals surface area contributed by atoms with Crippen LogP contribution in [-0.4, -0.2) is 16.5 Å². The molecule has 0 amide bonds. The van der Waals surface area contributed by atoms with E-state index in [9.17, 15) is 0 Å². The van der Waals surface area contributed by atoms with Crippen LogP contribution in [0.2, 0.25) is 0 Å². The van der Waals surface area contributed by atoms with Crippen molar-refractivity contribution in [3.05, 3.63) is 35.9 Å². The smallest absolute Gasteiger partial charge is 0.226 e. The Hall–Kier alpha value is -2.81. The van der Waals surface area contributed by atoms with E-state index in [1.54, 1.807) is 30.3 Å². The molecule has 1 aromatic carbocycles. The van der Waals surface area contributed by atoms with Crippen LogP contribution in [0.25, 0.3) is 0 Å². The van der Waals surface area contributed by atoms with Crippen LogP contribution < -0.4 is 15.8 Å². The van der Waals surface area contributed by atoms with Gasteiger partial charge < -0.3 is 15.8 Å². The number of nitriles is 1. The first-order chi connectivity index (χ1) is 9.22. The molecule has 0 radical (unpaired) electrons. The van der Waals surface area contributed by atoms with Gasteiger partial charge in [0.15, 0.2) is 0 Å². The van der Waals surface area contributed by atoms with Crippen LogP contribution in [0.1, 0.15) is 12.5 Å². The molecule has 0 fully saturated rings. The maximum Gasteiger partial charge on any atom is 0.226 e. The van der Waals surface area contributed by atoms with Gasteiger partial charge in [-0.05, 0) is 19.1 Å². The average Bonchev–Trinajstić information content (AvgIpc) is 2.39. The second-order valence-corrected chi connectivity index (χ2v) is 3.69. The molecule has 0 aliphatic carbocycles. The van der Waals surface area contributed by atoms with Crippen LogP contribution in [0.4, 0.5) is 11.8 Å². The normalized spacial score (nSPS) is 9.68. The van der Waals surface area contributed by atoms with Gasteiger partial charge in [0, 0.05) is 12.6 Å². The van der Waals surface area contributed by atoms with Crippen LogP contribution in [-0.2, 0) is 0 Å². The van der Waals surface area contributed by atoms with Gasteiger partial charge in [0.25, 0.3) is 0 Å². The van der Waals surface area contributed by atoms with E-state index in [0.717, 1.165) is 0 Å². The van der Waals surface area contributed by atoms with Gasteiger partial charge in [0.05, 0.1) is 5.56 Å². The zero-order valence-electron chi connectivity index (χ0n) is 10.4. The second kappa shape index (κ2) is 5.69. The fourth-order valence-corrected chi connectivity index (χ4v) is 1.53. The minimum atomic E-state index is 0.114. The highest BCUT2D eigenvalue weighted by molar-refractivity contribution is 5.47. The first-order valence-corrected chi connectivity index (χ1v) is 5.78. The summed E-state index contributed by atoms with van der Waals surface area (Å²) >= 11 is 0. The minimum Gasteiger partial charge on any atom is -0.437 e. The third kappa shape index (κ3) is 3.10. The Labute approximate surface area is 110 Å². The van der Waals surface area contributed by atoms with E-state index in [0.29, 0.717) is 29.6 Å². The lowest BCUT2D eigenvalue weighted by atomic mass is 10.2. The zero-order chi connectivity index (χ0) is 13.7. The molecule has 0 unspecified atom stereocenters. The van der Waals surface area contributed by atoms with Crippen LogP contribution in [0.3, 0.4) is 0 Å². The van der Waals surface area contributed by atoms with Crippen molar-refractivity contribution in [2.45, 2.75) is 6.92 Å². The van der Waals surface area contributed by atoms with Crippen molar-refractivity contribution in [2.75, 3.05) is 17.6 Å². The molecule has 0 saturated carbocycles. The van der Waals surface area contributed by atoms with Crippen molar-refractivity contribution < 1.29 is 4.74 Å². The highest BCUT2D eigenvalue weighted by atomic mass is 16.5. The van der Waals surface area contributed by atoms with Crippen molar-refractivity contribution >= 4 is 11.8 Å². The van der Waals surface area contributed by atoms with Gasteiger partial charge in [0.2, 0.25) is 11.8 Å². The molecule has 0 aliphatic rings. The van der Waals surface area contributed by atoms with E-state index >= 15 is 0 Å². The lowest BCUT2D eigenvalue weighted by molar-refractivity contribution is 0.461. The molecule has 0 bridgehead atoms. The molecular formula is C13H13N5O. The Morgan fingerprint density at radius 2 is 2.16 bits per heavy atom. The highest BCUT2D eigenvalue weighted by Gasteiger charge is 2.07. The molecule has 0 aliphatic heterocycles. The molecule has 1 heterocycles. The summed E-state index contributed by atoms with van der Waals surface area (Å²) in [4.78, 5) is 8.00. The quantitative estimate of drug-likeness (QED) is 0.868. The summed E-state index contributed by atoms with van der Waals surface area (Å²) in [6.07, 6.45) is 0. The number of anilines is 2. The number of nitrogens with zero attached hydrogens (tertiary/aromatic N) is 3. The Bertz CT molecular complexity index is 621. The number of ether oxygens (including phenoxy) is 1. The van der Waals surface area contributed by atoms with Crippen molar-refractivity contribution in [2.24, 2.45) is 0 Å². The molecular weight excluding hydrogens is 242 g/mol. The summed E-state index contributed by atoms with van der Waals surface area (Å²) in [5, 5.41) is 12.0. The molecule has 6 nitrogen and oxygen atoms in total. The van der Waals surface area contributed by atoms with E-state index in [1.807, 2.05) is 6.92 Å². The number of nitrogens with one attached hydrogen (secondary N) is 1. The van der Waals surface area contributed by atoms with E-state index in [1.165, 1.54) is 0 Å². The van der Waals surface area contributed by atoms with Crippen molar-refractivity contribution in [1.29, 1.82) is 5.26 Å². The number of hydrogen-bond acceptors (Lipinski definition) is 6. The van der Waals surface area contributed by atoms with Gasteiger partial charge in [-0.2, -0.15) is 15.2 Å². The summed E-state index contributed by atoms with van der Waals surface area (Å²) in [7, 11) is 0. The maximum absolute atomic E-state index is 8.99. The number of hydrogen-bond donors (Lipinski definition) is 2. The first-order valence-electron chi connectivity index (χ1n) is 5.78. The molecule has 0 saturated heterocycles. The van der Waals surface area contributed by atoms with Crippen LogP contribution in [0, 0.1) is 11.3 Å². The lowest BCUT2D eigenvalue weighted by Crippen LogP contribution is -2.04. The molecule has 0 atom stereocenters. The van der Waals surface area contributed by atoms with Crippen LogP contribution >= 0.6 is 0 Å². The van der Waals surface area contributed by atoms with E-state index in [4.69, 9.17) is 15.7 Å². The number of para-hydroxylation sites is 1. The molecule has 3 N–H and O–H groups in total. The maximum atomic E-state index is 8.99. The SMILES string of the molecule is CCNc1cc(Oc2ccccc2C#N)nc(N)n1. The highest BCUT2D eigenvalue weighted by Crippen LogP contribution is 2.25. The van der Waals surface area contributed by atoms with Crippen LogP contribution in [0.15, 0.2) is 30.3 Å². The predicted octanol–water partition coefficient (Wildman–Crippen LogP) is 2.15. The number of nitrogens with two attached hydrogens (primary N) is 1. The molecule has 96 valence electrons. The Morgan fingerprint density at radius 3 is 2.89 bits per heavy atom. The van der Waals surface area contributed by atoms with Crippen molar-refractivity contribution in [3.8, 4) is 17.7 Å². The monoisotopic (exact) mass is 255 g/mol. The average molecular weight is 255 g/mol. The Kier molecular flexibility index (Phi) is 3.78. The molecule has 1 aromatic heterocycles. The summed E-state index contributed by atoms with van der Waals surface area (Å²) in [6.45, 7) is 2.66. The van der Waals surface area contributed by atoms with Gasteiger partial charge in [0.1, 0.15) is 17.6 Å². The van der Waals surface area contributed by atoms with Gasteiger partial charge >= 0.3 is 0 Å². The summed E-state index contributed by atoms with van der Waals surface area (Å²) < 4.78 is 5.57. The lowest BCUT2D eigenvalue weighted by Gasteiger charge is -2.08. The number of aromatic nitrogens is 2. The van der Waals surface area contributed by atoms with Gasteiger partial charge in [-0.3, -0.25) is 0 Å². The molecule has 6 heteroatoms. The van der Waals surface area contributed by atoms with Crippen LogP contribution in [0.5, 0.6) is 11.6 Å². The number of benzene rings is 1. The van der Waals surface area contributed by atoms with E-state index in [2.05, 4.69) is 21.4 Å². The topological polar surface area (TPSA) is 96.8 Å². The predicted molar refractivity (Wildman–Crippen MR) is 71.8 cm³/mol. The number of rotatable bonds is 4. The van der Waals surface area contributed by atoms with Gasteiger partial charge in [-0.1, -0.05) is 12.1 Å². The third-order valence-electron chi connectivity index (χ3n) is 2.30. The fraction of sp³-hybridized carbons (Fsp3) is 0.154. The summed E-state index contributed by atoms with van der Waals surface area (Å²) in [6, 6.07) is 10.6. The van der Waals surface area contributed by atoms with Gasteiger partial charge in [-0.15, -0.1) is 0 Å². The van der Waals surface area contributed by atoms with Crippen molar-refractivity contribution in [1.82, 2.24) is 9.97 Å². The van der Waals surface area contributed by atoms with E-state index in [-0.39, 0.29) is 5.95 Å². The third-order valence-corrected chi connectivity index (χ3v) is 2.30. The molecule has 19 heavy (non-hydrogen) atoms. The standard InChI is InChI=1S/C13H13N5O/c1-2-16-11-7-12(18-13(15)17-11)19-10-6-4-3-5-9(10)8-14/h3-7H,2H2,1H3,(H3,15,16,17,18). The summed E-state index contributed by atoms with van der Waals surface area (Å²) in [5.41, 5.74) is 6.04. The zero-order valence-corrected chi connectivity index (χ0v) is 10.4. The Balaban J connectivity index is 2.30. The Morgan fingerprint density at radius 1 is 1.37 bits per heavy atom. The second-order valence-electron chi connectivity index (χ2n) is 3.69. The van der Waals surface area contributed by atoms with Crippen molar-refractivity contribution in [3.63, 3.8) is 0 Å². The first kappa shape index (κ1) is 12.6. The fourth-order valence-electron chi connectivity index (χ4n) is 1.53. The van der Waals surface area contributed by atoms with E-state index < -0.39 is 0 Å². The largest absolute Gasteiger partial charge is 0.437 e.